The Morgan fingerprint density at radius 1 is 1.12 bits per heavy atom. The molecular formula is C21H34N2O2. The first-order chi connectivity index (χ1) is 12.3. The normalized spacial score (nSPS) is 15.3. The topological polar surface area (TPSA) is 42.4 Å². The second kappa shape index (κ2) is 11.9. The van der Waals surface area contributed by atoms with Crippen molar-refractivity contribution < 1.29 is 9.53 Å². The third kappa shape index (κ3) is 7.89. The number of carbonyl (C=O) groups is 1. The van der Waals surface area contributed by atoms with Crippen LogP contribution in [0.5, 0.6) is 0 Å². The molecule has 25 heavy (non-hydrogen) atoms. The Kier molecular flexibility index (Phi) is 9.38. The summed E-state index contributed by atoms with van der Waals surface area (Å²) in [4.78, 5) is 18.0. The molecule has 0 atom stereocenters. The lowest BCUT2D eigenvalue weighted by atomic mass is 9.91. The predicted octanol–water partition coefficient (Wildman–Crippen LogP) is 5.22. The minimum Gasteiger partial charge on any atom is -0.449 e. The maximum atomic E-state index is 12.1. The predicted molar refractivity (Wildman–Crippen MR) is 102 cm³/mol. The van der Waals surface area contributed by atoms with Gasteiger partial charge in [-0.3, -0.25) is 4.98 Å². The first-order valence-electron chi connectivity index (χ1n) is 10.1. The van der Waals surface area contributed by atoms with Crippen LogP contribution in [-0.4, -0.2) is 35.7 Å². The highest BCUT2D eigenvalue weighted by Gasteiger charge is 2.23. The van der Waals surface area contributed by atoms with Gasteiger partial charge in [0.15, 0.2) is 0 Å². The molecule has 1 aliphatic heterocycles. The zero-order valence-electron chi connectivity index (χ0n) is 15.8. The molecule has 4 heteroatoms. The van der Waals surface area contributed by atoms with Gasteiger partial charge >= 0.3 is 6.09 Å². The Balaban J connectivity index is 1.51. The van der Waals surface area contributed by atoms with Crippen LogP contribution >= 0.6 is 0 Å². The van der Waals surface area contributed by atoms with E-state index in [1.54, 1.807) is 0 Å². The number of hydrogen-bond acceptors (Lipinski definition) is 3. The highest BCUT2D eigenvalue weighted by molar-refractivity contribution is 5.67. The van der Waals surface area contributed by atoms with Gasteiger partial charge in [0.2, 0.25) is 0 Å². The van der Waals surface area contributed by atoms with Crippen LogP contribution in [0.15, 0.2) is 24.5 Å². The number of ether oxygens (including phenoxy) is 1. The number of amides is 1. The number of hydrogen-bond donors (Lipinski definition) is 0. The lowest BCUT2D eigenvalue weighted by molar-refractivity contribution is 0.0852. The maximum absolute atomic E-state index is 12.1. The van der Waals surface area contributed by atoms with E-state index in [-0.39, 0.29) is 6.09 Å². The highest BCUT2D eigenvalue weighted by atomic mass is 16.6. The first-order valence-corrected chi connectivity index (χ1v) is 10.1. The van der Waals surface area contributed by atoms with Crippen LogP contribution in [0.3, 0.4) is 0 Å². The number of aromatic nitrogens is 1. The highest BCUT2D eigenvalue weighted by Crippen LogP contribution is 2.23. The van der Waals surface area contributed by atoms with Crippen molar-refractivity contribution in [3.8, 4) is 0 Å². The van der Waals surface area contributed by atoms with Crippen molar-refractivity contribution in [3.05, 3.63) is 30.1 Å². The van der Waals surface area contributed by atoms with Gasteiger partial charge in [0, 0.05) is 25.5 Å². The average molecular weight is 347 g/mol. The van der Waals surface area contributed by atoms with Crippen LogP contribution in [0.4, 0.5) is 4.79 Å². The molecule has 0 unspecified atom stereocenters. The number of piperidine rings is 1. The molecule has 0 aromatic carbocycles. The smallest absolute Gasteiger partial charge is 0.409 e. The molecule has 0 aliphatic carbocycles. The summed E-state index contributed by atoms with van der Waals surface area (Å²) in [5.41, 5.74) is 1.38. The fourth-order valence-corrected chi connectivity index (χ4v) is 3.50. The fourth-order valence-electron chi connectivity index (χ4n) is 3.50. The molecule has 1 aliphatic rings. The van der Waals surface area contributed by atoms with Gasteiger partial charge in [-0.15, -0.1) is 0 Å². The van der Waals surface area contributed by atoms with E-state index < -0.39 is 0 Å². The van der Waals surface area contributed by atoms with E-state index in [4.69, 9.17) is 4.74 Å². The van der Waals surface area contributed by atoms with Crippen molar-refractivity contribution in [1.29, 1.82) is 0 Å². The van der Waals surface area contributed by atoms with E-state index in [0.29, 0.717) is 6.61 Å². The van der Waals surface area contributed by atoms with Gasteiger partial charge in [-0.25, -0.2) is 4.79 Å². The molecule has 1 aromatic heterocycles. The number of rotatable bonds is 10. The standard InChI is InChI=1S/C21H34N2O2/c1-2-3-4-7-18-25-21(24)23-16-12-20(13-17-23)9-6-5-8-19-10-14-22-15-11-19/h10-11,14-15,20H,2-9,12-13,16-18H2,1H3. The van der Waals surface area contributed by atoms with E-state index >= 15 is 0 Å². The van der Waals surface area contributed by atoms with Crippen molar-refractivity contribution >= 4 is 6.09 Å². The van der Waals surface area contributed by atoms with Gasteiger partial charge < -0.3 is 9.64 Å². The Hall–Kier alpha value is -1.58. The summed E-state index contributed by atoms with van der Waals surface area (Å²) >= 11 is 0. The molecule has 1 amide bonds. The summed E-state index contributed by atoms with van der Waals surface area (Å²) in [5, 5.41) is 0. The van der Waals surface area contributed by atoms with Crippen molar-refractivity contribution in [1.82, 2.24) is 9.88 Å². The number of pyridine rings is 1. The zero-order chi connectivity index (χ0) is 17.7. The molecule has 0 radical (unpaired) electrons. The van der Waals surface area contributed by atoms with Crippen LogP contribution in [0.25, 0.3) is 0 Å². The summed E-state index contributed by atoms with van der Waals surface area (Å²) < 4.78 is 5.39. The number of carbonyl (C=O) groups excluding carboxylic acids is 1. The minimum atomic E-state index is -0.104. The molecule has 140 valence electrons. The second-order valence-electron chi connectivity index (χ2n) is 7.21. The lowest BCUT2D eigenvalue weighted by Gasteiger charge is -2.31. The van der Waals surface area contributed by atoms with Crippen molar-refractivity contribution in [2.75, 3.05) is 19.7 Å². The summed E-state index contributed by atoms with van der Waals surface area (Å²) in [6.07, 6.45) is 15.4. The van der Waals surface area contributed by atoms with E-state index in [0.717, 1.165) is 51.1 Å². The molecule has 0 bridgehead atoms. The van der Waals surface area contributed by atoms with E-state index in [9.17, 15) is 4.79 Å². The summed E-state index contributed by atoms with van der Waals surface area (Å²) in [7, 11) is 0. The monoisotopic (exact) mass is 346 g/mol. The number of unbranched alkanes of at least 4 members (excludes halogenated alkanes) is 4. The molecule has 4 nitrogen and oxygen atoms in total. The van der Waals surface area contributed by atoms with Gasteiger partial charge in [0.05, 0.1) is 6.61 Å². The minimum absolute atomic E-state index is 0.104. The van der Waals surface area contributed by atoms with Crippen LogP contribution in [0, 0.1) is 5.92 Å². The largest absolute Gasteiger partial charge is 0.449 e. The molecule has 0 spiro atoms. The number of aryl methyl sites for hydroxylation is 1. The Morgan fingerprint density at radius 3 is 2.60 bits per heavy atom. The molecule has 0 saturated carbocycles. The average Bonchev–Trinajstić information content (AvgIpc) is 2.66. The van der Waals surface area contributed by atoms with Crippen LogP contribution in [-0.2, 0) is 11.2 Å². The molecule has 2 heterocycles. The van der Waals surface area contributed by atoms with Crippen molar-refractivity contribution in [2.24, 2.45) is 5.92 Å². The molecule has 1 fully saturated rings. The molecular weight excluding hydrogens is 312 g/mol. The number of nitrogens with zero attached hydrogens (tertiary/aromatic N) is 2. The molecule has 1 saturated heterocycles. The molecule has 2 rings (SSSR count). The maximum Gasteiger partial charge on any atom is 0.409 e. The molecule has 1 aromatic rings. The summed E-state index contributed by atoms with van der Waals surface area (Å²) in [5.74, 6) is 0.769. The van der Waals surface area contributed by atoms with Gasteiger partial charge in [0.25, 0.3) is 0 Å². The molecule has 0 N–H and O–H groups in total. The third-order valence-corrected chi connectivity index (χ3v) is 5.17. The number of likely N-dealkylation sites (tertiary alicyclic amines) is 1. The summed E-state index contributed by atoms with van der Waals surface area (Å²) in [6.45, 7) is 4.49. The quantitative estimate of drug-likeness (QED) is 0.545. The van der Waals surface area contributed by atoms with E-state index in [1.165, 1.54) is 37.7 Å². The Morgan fingerprint density at radius 2 is 1.88 bits per heavy atom. The van der Waals surface area contributed by atoms with E-state index in [1.807, 2.05) is 17.3 Å². The third-order valence-electron chi connectivity index (χ3n) is 5.17. The van der Waals surface area contributed by atoms with Crippen LogP contribution in [0.2, 0.25) is 0 Å². The SMILES string of the molecule is CCCCCCOC(=O)N1CCC(CCCCc2ccncc2)CC1. The fraction of sp³-hybridized carbons (Fsp3) is 0.714. The zero-order valence-corrected chi connectivity index (χ0v) is 15.8. The summed E-state index contributed by atoms with van der Waals surface area (Å²) in [6, 6.07) is 4.21. The van der Waals surface area contributed by atoms with Gasteiger partial charge in [-0.05, 0) is 55.7 Å². The lowest BCUT2D eigenvalue weighted by Crippen LogP contribution is -2.38. The Labute approximate surface area is 153 Å². The second-order valence-corrected chi connectivity index (χ2v) is 7.21. The van der Waals surface area contributed by atoms with E-state index in [2.05, 4.69) is 24.0 Å². The van der Waals surface area contributed by atoms with Crippen LogP contribution in [0.1, 0.15) is 70.3 Å². The van der Waals surface area contributed by atoms with Crippen molar-refractivity contribution in [2.45, 2.75) is 71.1 Å². The first kappa shape index (κ1) is 19.7. The Bertz CT molecular complexity index is 470. The van der Waals surface area contributed by atoms with Gasteiger partial charge in [-0.1, -0.05) is 39.0 Å². The van der Waals surface area contributed by atoms with Gasteiger partial charge in [-0.2, -0.15) is 0 Å². The van der Waals surface area contributed by atoms with Gasteiger partial charge in [0.1, 0.15) is 0 Å². The van der Waals surface area contributed by atoms with Crippen LogP contribution < -0.4 is 0 Å². The van der Waals surface area contributed by atoms with Crippen molar-refractivity contribution in [3.63, 3.8) is 0 Å².